The van der Waals surface area contributed by atoms with Crippen molar-refractivity contribution in [1.82, 2.24) is 0 Å². The standard InChI is InChI=1S/C50H33NO/c1-3-11-34(12-4-1)38-22-19-35-20-23-39(30-41(35)29-38)40-24-21-36-25-26-43(32-42(36)31-40)51(48-17-9-7-15-45(48)37-13-5-2-6-14-37)44-27-28-47-46-16-8-10-18-49(46)52-50(47)33-44/h1-33H. The molecule has 0 aliphatic heterocycles. The third-order valence-corrected chi connectivity index (χ3v) is 10.2. The molecule has 0 saturated carbocycles. The lowest BCUT2D eigenvalue weighted by Gasteiger charge is -2.28. The highest BCUT2D eigenvalue weighted by Gasteiger charge is 2.19. The van der Waals surface area contributed by atoms with Crippen molar-refractivity contribution < 1.29 is 4.42 Å². The van der Waals surface area contributed by atoms with E-state index in [1.165, 1.54) is 49.4 Å². The van der Waals surface area contributed by atoms with Gasteiger partial charge in [0, 0.05) is 33.8 Å². The van der Waals surface area contributed by atoms with E-state index in [1.54, 1.807) is 0 Å². The number of rotatable bonds is 6. The molecule has 0 aliphatic carbocycles. The van der Waals surface area contributed by atoms with Gasteiger partial charge in [-0.25, -0.2) is 0 Å². The van der Waals surface area contributed by atoms with E-state index in [-0.39, 0.29) is 0 Å². The zero-order valence-electron chi connectivity index (χ0n) is 28.4. The molecule has 0 unspecified atom stereocenters. The van der Waals surface area contributed by atoms with Gasteiger partial charge in [-0.05, 0) is 104 Å². The fourth-order valence-corrected chi connectivity index (χ4v) is 7.60. The van der Waals surface area contributed by atoms with Gasteiger partial charge in [-0.3, -0.25) is 0 Å². The first-order chi connectivity index (χ1) is 25.7. The second kappa shape index (κ2) is 12.5. The summed E-state index contributed by atoms with van der Waals surface area (Å²) in [7, 11) is 0. The van der Waals surface area contributed by atoms with Crippen molar-refractivity contribution in [3.8, 4) is 33.4 Å². The van der Waals surface area contributed by atoms with E-state index in [0.717, 1.165) is 44.6 Å². The van der Waals surface area contributed by atoms with Crippen LogP contribution in [0, 0.1) is 0 Å². The van der Waals surface area contributed by atoms with Crippen LogP contribution in [0.3, 0.4) is 0 Å². The van der Waals surface area contributed by atoms with Crippen molar-refractivity contribution >= 4 is 60.5 Å². The Bertz CT molecular complexity index is 2910. The van der Waals surface area contributed by atoms with Crippen LogP contribution in [-0.2, 0) is 0 Å². The highest BCUT2D eigenvalue weighted by atomic mass is 16.3. The average Bonchev–Trinajstić information content (AvgIpc) is 3.59. The summed E-state index contributed by atoms with van der Waals surface area (Å²) in [5.74, 6) is 0. The summed E-state index contributed by atoms with van der Waals surface area (Å²) < 4.78 is 6.40. The zero-order chi connectivity index (χ0) is 34.4. The van der Waals surface area contributed by atoms with E-state index < -0.39 is 0 Å². The van der Waals surface area contributed by atoms with Crippen molar-refractivity contribution in [1.29, 1.82) is 0 Å². The molecule has 2 nitrogen and oxygen atoms in total. The lowest BCUT2D eigenvalue weighted by Crippen LogP contribution is -2.11. The minimum atomic E-state index is 0.871. The first-order valence-electron chi connectivity index (χ1n) is 17.7. The van der Waals surface area contributed by atoms with E-state index in [4.69, 9.17) is 4.42 Å². The molecule has 10 rings (SSSR count). The summed E-state index contributed by atoms with van der Waals surface area (Å²) in [6, 6.07) is 71.8. The topological polar surface area (TPSA) is 16.4 Å². The molecule has 0 fully saturated rings. The van der Waals surface area contributed by atoms with Crippen molar-refractivity contribution in [3.05, 3.63) is 200 Å². The normalized spacial score (nSPS) is 11.5. The smallest absolute Gasteiger partial charge is 0.137 e. The number of benzene rings is 9. The molecule has 2 heteroatoms. The second-order valence-electron chi connectivity index (χ2n) is 13.4. The van der Waals surface area contributed by atoms with Crippen LogP contribution in [0.25, 0.3) is 76.9 Å². The van der Waals surface area contributed by atoms with Gasteiger partial charge in [0.2, 0.25) is 0 Å². The van der Waals surface area contributed by atoms with Gasteiger partial charge in [-0.1, -0.05) is 140 Å². The van der Waals surface area contributed by atoms with E-state index >= 15 is 0 Å². The van der Waals surface area contributed by atoms with Crippen LogP contribution in [0.1, 0.15) is 0 Å². The highest BCUT2D eigenvalue weighted by Crippen LogP contribution is 2.43. The van der Waals surface area contributed by atoms with E-state index in [9.17, 15) is 0 Å². The third kappa shape index (κ3) is 5.30. The third-order valence-electron chi connectivity index (χ3n) is 10.2. The predicted octanol–water partition coefficient (Wildman–Crippen LogP) is 14.4. The molecule has 52 heavy (non-hydrogen) atoms. The fourth-order valence-electron chi connectivity index (χ4n) is 7.60. The average molecular weight is 664 g/mol. The SMILES string of the molecule is c1ccc(-c2ccc3ccc(-c4ccc5ccc(N(c6ccc7c(c6)oc6ccccc67)c6ccccc6-c6ccccc6)cc5c4)cc3c2)cc1. The monoisotopic (exact) mass is 663 g/mol. The molecule has 0 aliphatic rings. The molecule has 0 N–H and O–H groups in total. The van der Waals surface area contributed by atoms with Gasteiger partial charge < -0.3 is 9.32 Å². The molecule has 0 amide bonds. The summed E-state index contributed by atoms with van der Waals surface area (Å²) in [5, 5.41) is 7.09. The van der Waals surface area contributed by atoms with Crippen LogP contribution in [0.15, 0.2) is 205 Å². The molecule has 0 bridgehead atoms. The summed E-state index contributed by atoms with van der Waals surface area (Å²) in [5.41, 5.74) is 12.2. The summed E-state index contributed by atoms with van der Waals surface area (Å²) in [4.78, 5) is 2.36. The van der Waals surface area contributed by atoms with Gasteiger partial charge in [0.15, 0.2) is 0 Å². The molecule has 1 aromatic heterocycles. The number of hydrogen-bond donors (Lipinski definition) is 0. The molecule has 0 radical (unpaired) electrons. The molecular formula is C50H33NO. The van der Waals surface area contributed by atoms with E-state index in [1.807, 2.05) is 12.1 Å². The van der Waals surface area contributed by atoms with Crippen LogP contribution in [0.5, 0.6) is 0 Å². The van der Waals surface area contributed by atoms with Crippen molar-refractivity contribution in [2.75, 3.05) is 4.90 Å². The second-order valence-corrected chi connectivity index (χ2v) is 13.4. The first kappa shape index (κ1) is 30.0. The van der Waals surface area contributed by atoms with E-state index in [2.05, 4.69) is 193 Å². The predicted molar refractivity (Wildman–Crippen MR) is 220 cm³/mol. The maximum atomic E-state index is 6.40. The summed E-state index contributed by atoms with van der Waals surface area (Å²) in [6.45, 7) is 0. The highest BCUT2D eigenvalue weighted by molar-refractivity contribution is 6.06. The Labute approximate surface area is 302 Å². The lowest BCUT2D eigenvalue weighted by molar-refractivity contribution is 0.669. The van der Waals surface area contributed by atoms with E-state index in [0.29, 0.717) is 0 Å². The fraction of sp³-hybridized carbons (Fsp3) is 0. The van der Waals surface area contributed by atoms with Gasteiger partial charge >= 0.3 is 0 Å². The van der Waals surface area contributed by atoms with Crippen molar-refractivity contribution in [3.63, 3.8) is 0 Å². The molecule has 244 valence electrons. The van der Waals surface area contributed by atoms with Crippen LogP contribution in [-0.4, -0.2) is 0 Å². The minimum Gasteiger partial charge on any atom is -0.456 e. The Morgan fingerprint density at radius 1 is 0.308 bits per heavy atom. The largest absolute Gasteiger partial charge is 0.456 e. The number of nitrogens with zero attached hydrogens (tertiary/aromatic N) is 1. The lowest BCUT2D eigenvalue weighted by atomic mass is 9.96. The maximum absolute atomic E-state index is 6.40. The molecule has 1 heterocycles. The summed E-state index contributed by atoms with van der Waals surface area (Å²) in [6.07, 6.45) is 0. The number of furan rings is 1. The zero-order valence-corrected chi connectivity index (χ0v) is 28.4. The number of anilines is 3. The molecule has 0 atom stereocenters. The van der Waals surface area contributed by atoms with Crippen molar-refractivity contribution in [2.45, 2.75) is 0 Å². The number of hydrogen-bond acceptors (Lipinski definition) is 2. The molecule has 10 aromatic rings. The Hall–Kier alpha value is -6.90. The molecular weight excluding hydrogens is 631 g/mol. The number of fused-ring (bicyclic) bond motifs is 5. The van der Waals surface area contributed by atoms with Crippen LogP contribution < -0.4 is 4.90 Å². The maximum Gasteiger partial charge on any atom is 0.137 e. The Kier molecular flexibility index (Phi) is 7.18. The van der Waals surface area contributed by atoms with Gasteiger partial charge in [0.1, 0.15) is 11.2 Å². The molecule has 0 saturated heterocycles. The quantitative estimate of drug-likeness (QED) is 0.176. The minimum absolute atomic E-state index is 0.871. The first-order valence-corrected chi connectivity index (χ1v) is 17.7. The van der Waals surface area contributed by atoms with Crippen LogP contribution in [0.4, 0.5) is 17.1 Å². The van der Waals surface area contributed by atoms with Crippen LogP contribution >= 0.6 is 0 Å². The van der Waals surface area contributed by atoms with Gasteiger partial charge in [0.05, 0.1) is 5.69 Å². The summed E-state index contributed by atoms with van der Waals surface area (Å²) >= 11 is 0. The van der Waals surface area contributed by atoms with Crippen molar-refractivity contribution in [2.24, 2.45) is 0 Å². The van der Waals surface area contributed by atoms with Gasteiger partial charge in [-0.15, -0.1) is 0 Å². The Morgan fingerprint density at radius 3 is 1.56 bits per heavy atom. The van der Waals surface area contributed by atoms with Gasteiger partial charge in [0.25, 0.3) is 0 Å². The van der Waals surface area contributed by atoms with Crippen LogP contribution in [0.2, 0.25) is 0 Å². The van der Waals surface area contributed by atoms with Gasteiger partial charge in [-0.2, -0.15) is 0 Å². The number of para-hydroxylation sites is 2. The Morgan fingerprint density at radius 2 is 0.827 bits per heavy atom. The molecule has 9 aromatic carbocycles. The Balaban J connectivity index is 1.12. The molecule has 0 spiro atoms.